The Morgan fingerprint density at radius 3 is 3.00 bits per heavy atom. The fourth-order valence-corrected chi connectivity index (χ4v) is 1.28. The Bertz CT molecular complexity index is 468. The van der Waals surface area contributed by atoms with E-state index in [4.69, 9.17) is 9.15 Å². The van der Waals surface area contributed by atoms with Gasteiger partial charge in [-0.15, -0.1) is 0 Å². The van der Waals surface area contributed by atoms with Gasteiger partial charge >= 0.3 is 0 Å². The third-order valence-corrected chi connectivity index (χ3v) is 2.02. The van der Waals surface area contributed by atoms with Gasteiger partial charge in [-0.1, -0.05) is 6.07 Å². The number of nitrogens with zero attached hydrogens (tertiary/aromatic N) is 2. The van der Waals surface area contributed by atoms with Gasteiger partial charge in [0.15, 0.2) is 0 Å². The van der Waals surface area contributed by atoms with Crippen molar-refractivity contribution >= 4 is 5.82 Å². The minimum atomic E-state index is 0.508. The summed E-state index contributed by atoms with van der Waals surface area (Å²) in [4.78, 5) is 8.30. The van der Waals surface area contributed by atoms with E-state index in [1.54, 1.807) is 19.4 Å². The maximum Gasteiger partial charge on any atom is 0.214 e. The molecular formula is C11H13N3O2. The van der Waals surface area contributed by atoms with E-state index in [2.05, 4.69) is 15.3 Å². The molecule has 2 rings (SSSR count). The molecular weight excluding hydrogens is 206 g/mol. The molecule has 0 atom stereocenters. The Labute approximate surface area is 93.5 Å². The number of anilines is 1. The van der Waals surface area contributed by atoms with Crippen molar-refractivity contribution in [2.45, 2.75) is 13.5 Å². The highest BCUT2D eigenvalue weighted by Crippen LogP contribution is 2.11. The van der Waals surface area contributed by atoms with Crippen LogP contribution >= 0.6 is 0 Å². The molecule has 2 aromatic heterocycles. The van der Waals surface area contributed by atoms with E-state index in [9.17, 15) is 0 Å². The summed E-state index contributed by atoms with van der Waals surface area (Å²) >= 11 is 0. The molecule has 2 heterocycles. The number of rotatable bonds is 4. The van der Waals surface area contributed by atoms with E-state index >= 15 is 0 Å². The Balaban J connectivity index is 1.99. The van der Waals surface area contributed by atoms with Gasteiger partial charge in [-0.05, 0) is 13.0 Å². The smallest absolute Gasteiger partial charge is 0.214 e. The van der Waals surface area contributed by atoms with E-state index in [0.29, 0.717) is 18.3 Å². The first-order chi connectivity index (χ1) is 7.78. The number of ether oxygens (including phenoxy) is 1. The number of oxazole rings is 1. The van der Waals surface area contributed by atoms with E-state index in [1.807, 2.05) is 19.1 Å². The predicted octanol–water partition coefficient (Wildman–Crippen LogP) is 2.00. The maximum atomic E-state index is 5.33. The van der Waals surface area contributed by atoms with E-state index in [-0.39, 0.29) is 0 Å². The van der Waals surface area contributed by atoms with Crippen LogP contribution < -0.4 is 10.1 Å². The molecule has 0 aromatic carbocycles. The zero-order valence-electron chi connectivity index (χ0n) is 9.23. The summed E-state index contributed by atoms with van der Waals surface area (Å²) in [5, 5.41) is 3.10. The van der Waals surface area contributed by atoms with Crippen molar-refractivity contribution in [1.82, 2.24) is 9.97 Å². The second-order valence-electron chi connectivity index (χ2n) is 3.28. The van der Waals surface area contributed by atoms with Gasteiger partial charge in [0.1, 0.15) is 11.6 Å². The van der Waals surface area contributed by atoms with Crippen LogP contribution in [0.15, 0.2) is 28.8 Å². The van der Waals surface area contributed by atoms with Crippen molar-refractivity contribution in [1.29, 1.82) is 0 Å². The van der Waals surface area contributed by atoms with Crippen LogP contribution in [0.5, 0.6) is 5.88 Å². The zero-order chi connectivity index (χ0) is 11.4. The normalized spacial score (nSPS) is 10.1. The first kappa shape index (κ1) is 10.5. The summed E-state index contributed by atoms with van der Waals surface area (Å²) < 4.78 is 10.3. The average molecular weight is 219 g/mol. The van der Waals surface area contributed by atoms with Crippen molar-refractivity contribution < 1.29 is 9.15 Å². The number of nitrogens with one attached hydrogen (secondary N) is 1. The fraction of sp³-hybridized carbons (Fsp3) is 0.273. The summed E-state index contributed by atoms with van der Waals surface area (Å²) in [6, 6.07) is 5.52. The van der Waals surface area contributed by atoms with Crippen LogP contribution in [0.25, 0.3) is 0 Å². The quantitative estimate of drug-likeness (QED) is 0.852. The first-order valence-corrected chi connectivity index (χ1v) is 4.94. The number of aryl methyl sites for hydroxylation is 1. The van der Waals surface area contributed by atoms with Gasteiger partial charge < -0.3 is 14.5 Å². The number of pyridine rings is 1. The summed E-state index contributed by atoms with van der Waals surface area (Å²) in [5.74, 6) is 2.75. The van der Waals surface area contributed by atoms with Gasteiger partial charge in [0.25, 0.3) is 0 Å². The minimum Gasteiger partial charge on any atom is -0.481 e. The number of hydrogen-bond acceptors (Lipinski definition) is 5. The average Bonchev–Trinajstić information content (AvgIpc) is 2.73. The van der Waals surface area contributed by atoms with Crippen LogP contribution in [0.2, 0.25) is 0 Å². The van der Waals surface area contributed by atoms with Gasteiger partial charge in [0.05, 0.1) is 19.9 Å². The number of hydrogen-bond donors (Lipinski definition) is 1. The highest BCUT2D eigenvalue weighted by Gasteiger charge is 2.01. The number of aromatic nitrogens is 2. The predicted molar refractivity (Wildman–Crippen MR) is 59.4 cm³/mol. The van der Waals surface area contributed by atoms with Crippen LogP contribution in [0, 0.1) is 6.92 Å². The molecule has 0 saturated heterocycles. The molecule has 0 aliphatic carbocycles. The Kier molecular flexibility index (Phi) is 3.05. The van der Waals surface area contributed by atoms with Crippen LogP contribution in [0.3, 0.4) is 0 Å². The first-order valence-electron chi connectivity index (χ1n) is 4.94. The molecule has 0 unspecified atom stereocenters. The highest BCUT2D eigenvalue weighted by atomic mass is 16.5. The van der Waals surface area contributed by atoms with E-state index < -0.39 is 0 Å². The molecule has 0 radical (unpaired) electrons. The molecule has 0 aliphatic rings. The van der Waals surface area contributed by atoms with Gasteiger partial charge in [0, 0.05) is 6.07 Å². The molecule has 0 aliphatic heterocycles. The van der Waals surface area contributed by atoms with Gasteiger partial charge in [-0.3, -0.25) is 0 Å². The fourth-order valence-electron chi connectivity index (χ4n) is 1.28. The monoisotopic (exact) mass is 219 g/mol. The van der Waals surface area contributed by atoms with Crippen molar-refractivity contribution in [3.63, 3.8) is 0 Å². The lowest BCUT2D eigenvalue weighted by Gasteiger charge is -2.04. The molecule has 0 bridgehead atoms. The second-order valence-corrected chi connectivity index (χ2v) is 3.28. The van der Waals surface area contributed by atoms with Crippen molar-refractivity contribution in [3.05, 3.63) is 36.0 Å². The summed E-state index contributed by atoms with van der Waals surface area (Å²) in [7, 11) is 1.59. The van der Waals surface area contributed by atoms with Crippen LogP contribution in [-0.2, 0) is 6.54 Å². The van der Waals surface area contributed by atoms with Crippen molar-refractivity contribution in [2.24, 2.45) is 0 Å². The standard InChI is InChI=1S/C11H13N3O2/c1-8-6-13-11(16-8)7-12-9-4-3-5-10(14-9)15-2/h3-6H,7H2,1-2H3,(H,12,14). The lowest BCUT2D eigenvalue weighted by atomic mass is 10.4. The van der Waals surface area contributed by atoms with Gasteiger partial charge in [-0.25, -0.2) is 4.98 Å². The molecule has 16 heavy (non-hydrogen) atoms. The molecule has 2 aromatic rings. The van der Waals surface area contributed by atoms with E-state index in [1.165, 1.54) is 0 Å². The van der Waals surface area contributed by atoms with Crippen LogP contribution in [0.4, 0.5) is 5.82 Å². The molecule has 0 saturated carbocycles. The second kappa shape index (κ2) is 4.65. The molecule has 0 fully saturated rings. The highest BCUT2D eigenvalue weighted by molar-refractivity contribution is 5.36. The Morgan fingerprint density at radius 1 is 1.44 bits per heavy atom. The van der Waals surface area contributed by atoms with Crippen LogP contribution in [-0.4, -0.2) is 17.1 Å². The third kappa shape index (κ3) is 2.50. The molecule has 5 nitrogen and oxygen atoms in total. The largest absolute Gasteiger partial charge is 0.481 e. The van der Waals surface area contributed by atoms with Crippen LogP contribution in [0.1, 0.15) is 11.7 Å². The molecule has 1 N–H and O–H groups in total. The lowest BCUT2D eigenvalue weighted by molar-refractivity contribution is 0.398. The third-order valence-electron chi connectivity index (χ3n) is 2.02. The number of methoxy groups -OCH3 is 1. The van der Waals surface area contributed by atoms with E-state index in [0.717, 1.165) is 11.6 Å². The summed E-state index contributed by atoms with van der Waals surface area (Å²) in [6.45, 7) is 2.37. The Morgan fingerprint density at radius 2 is 2.31 bits per heavy atom. The molecule has 5 heteroatoms. The molecule has 0 spiro atoms. The minimum absolute atomic E-state index is 0.508. The Hall–Kier alpha value is -2.04. The van der Waals surface area contributed by atoms with Crippen molar-refractivity contribution in [2.75, 3.05) is 12.4 Å². The summed E-state index contributed by atoms with van der Waals surface area (Å²) in [6.07, 6.45) is 1.69. The lowest BCUT2D eigenvalue weighted by Crippen LogP contribution is -2.01. The SMILES string of the molecule is COc1cccc(NCc2ncc(C)o2)n1. The van der Waals surface area contributed by atoms with Gasteiger partial charge in [-0.2, -0.15) is 4.98 Å². The molecule has 0 amide bonds. The zero-order valence-corrected chi connectivity index (χ0v) is 9.23. The summed E-state index contributed by atoms with van der Waals surface area (Å²) in [5.41, 5.74) is 0. The molecule has 84 valence electrons. The van der Waals surface area contributed by atoms with Gasteiger partial charge in [0.2, 0.25) is 11.8 Å². The maximum absolute atomic E-state index is 5.33. The topological polar surface area (TPSA) is 60.2 Å². The van der Waals surface area contributed by atoms with Crippen molar-refractivity contribution in [3.8, 4) is 5.88 Å².